The Kier molecular flexibility index (Phi) is 5.43. The number of hydrogen-bond acceptors (Lipinski definition) is 2. The molecule has 2 atom stereocenters. The van der Waals surface area contributed by atoms with Crippen LogP contribution in [-0.2, 0) is 0 Å². The molecule has 0 aliphatic heterocycles. The van der Waals surface area contributed by atoms with Gasteiger partial charge in [0.1, 0.15) is 5.82 Å². The van der Waals surface area contributed by atoms with Gasteiger partial charge >= 0.3 is 0 Å². The zero-order valence-electron chi connectivity index (χ0n) is 9.91. The Morgan fingerprint density at radius 2 is 2.19 bits per heavy atom. The summed E-state index contributed by atoms with van der Waals surface area (Å²) in [6.45, 7) is 4.57. The van der Waals surface area contributed by atoms with Gasteiger partial charge in [0.2, 0.25) is 0 Å². The molecule has 90 valence electrons. The van der Waals surface area contributed by atoms with Crippen molar-refractivity contribution in [1.29, 1.82) is 0 Å². The monoisotopic (exact) mass is 225 g/mol. The average molecular weight is 225 g/mol. The van der Waals surface area contributed by atoms with E-state index in [1.54, 1.807) is 19.1 Å². The lowest BCUT2D eigenvalue weighted by molar-refractivity contribution is 0.182. The summed E-state index contributed by atoms with van der Waals surface area (Å²) in [5.41, 5.74) is 0.966. The van der Waals surface area contributed by atoms with Gasteiger partial charge in [-0.25, -0.2) is 4.39 Å². The highest BCUT2D eigenvalue weighted by molar-refractivity contribution is 5.19. The van der Waals surface area contributed by atoms with Crippen LogP contribution in [0, 0.1) is 5.82 Å². The van der Waals surface area contributed by atoms with Crippen molar-refractivity contribution in [2.45, 2.75) is 38.8 Å². The van der Waals surface area contributed by atoms with E-state index in [0.717, 1.165) is 18.5 Å². The largest absolute Gasteiger partial charge is 0.393 e. The normalized spacial score (nSPS) is 14.8. The molecular weight excluding hydrogens is 205 g/mol. The van der Waals surface area contributed by atoms with Gasteiger partial charge in [0, 0.05) is 6.04 Å². The predicted molar refractivity (Wildman–Crippen MR) is 63.7 cm³/mol. The van der Waals surface area contributed by atoms with Crippen molar-refractivity contribution in [3.8, 4) is 0 Å². The van der Waals surface area contributed by atoms with E-state index in [9.17, 15) is 4.39 Å². The number of rotatable bonds is 6. The lowest BCUT2D eigenvalue weighted by Gasteiger charge is -2.18. The van der Waals surface area contributed by atoms with E-state index < -0.39 is 0 Å². The number of aliphatic hydroxyl groups excluding tert-OH is 1. The third-order valence-electron chi connectivity index (χ3n) is 2.61. The average Bonchev–Trinajstić information content (AvgIpc) is 2.24. The Morgan fingerprint density at radius 3 is 2.75 bits per heavy atom. The van der Waals surface area contributed by atoms with E-state index >= 15 is 0 Å². The molecule has 0 heterocycles. The molecule has 1 rings (SSSR count). The van der Waals surface area contributed by atoms with Crippen molar-refractivity contribution >= 4 is 0 Å². The second-order valence-electron chi connectivity index (χ2n) is 4.11. The Balaban J connectivity index is 2.53. The molecule has 0 amide bonds. The van der Waals surface area contributed by atoms with Crippen molar-refractivity contribution in [3.63, 3.8) is 0 Å². The Morgan fingerprint density at radius 1 is 1.44 bits per heavy atom. The van der Waals surface area contributed by atoms with Crippen LogP contribution in [0.2, 0.25) is 0 Å². The van der Waals surface area contributed by atoms with Gasteiger partial charge in [-0.05, 0) is 44.0 Å². The molecule has 2 nitrogen and oxygen atoms in total. The third kappa shape index (κ3) is 4.29. The molecule has 16 heavy (non-hydrogen) atoms. The summed E-state index contributed by atoms with van der Waals surface area (Å²) in [7, 11) is 0. The summed E-state index contributed by atoms with van der Waals surface area (Å²) in [4.78, 5) is 0. The van der Waals surface area contributed by atoms with Crippen LogP contribution < -0.4 is 5.32 Å². The maximum absolute atomic E-state index is 13.0. The van der Waals surface area contributed by atoms with E-state index in [2.05, 4.69) is 12.2 Å². The predicted octanol–water partition coefficient (Wildman–Crippen LogP) is 2.64. The second-order valence-corrected chi connectivity index (χ2v) is 4.11. The highest BCUT2D eigenvalue weighted by atomic mass is 19.1. The molecule has 1 aromatic carbocycles. The molecule has 2 N–H and O–H groups in total. The minimum absolute atomic E-state index is 0.162. The SMILES string of the molecule is CCC(NCCC(C)O)c1cccc(F)c1. The van der Waals surface area contributed by atoms with Gasteiger partial charge in [-0.3, -0.25) is 0 Å². The highest BCUT2D eigenvalue weighted by Crippen LogP contribution is 2.17. The van der Waals surface area contributed by atoms with Gasteiger partial charge in [0.25, 0.3) is 0 Å². The standard InChI is InChI=1S/C13H20FNO/c1-3-13(15-8-7-10(2)16)11-5-4-6-12(14)9-11/h4-6,9-10,13,15-16H,3,7-8H2,1-2H3. The van der Waals surface area contributed by atoms with E-state index in [-0.39, 0.29) is 18.0 Å². The number of benzene rings is 1. The quantitative estimate of drug-likeness (QED) is 0.780. The van der Waals surface area contributed by atoms with Crippen molar-refractivity contribution < 1.29 is 9.50 Å². The molecule has 0 bridgehead atoms. The van der Waals surface area contributed by atoms with Gasteiger partial charge in [-0.15, -0.1) is 0 Å². The second kappa shape index (κ2) is 6.61. The molecule has 0 aliphatic rings. The number of halogens is 1. The molecule has 3 heteroatoms. The Hall–Kier alpha value is -0.930. The molecule has 0 radical (unpaired) electrons. The van der Waals surface area contributed by atoms with Gasteiger partial charge in [-0.1, -0.05) is 19.1 Å². The summed E-state index contributed by atoms with van der Waals surface area (Å²) < 4.78 is 13.0. The first-order valence-corrected chi connectivity index (χ1v) is 5.80. The lowest BCUT2D eigenvalue weighted by Crippen LogP contribution is -2.24. The summed E-state index contributed by atoms with van der Waals surface area (Å²) in [5.74, 6) is -0.201. The van der Waals surface area contributed by atoms with E-state index in [1.807, 2.05) is 6.07 Å². The van der Waals surface area contributed by atoms with E-state index in [0.29, 0.717) is 6.42 Å². The topological polar surface area (TPSA) is 32.3 Å². The molecule has 0 aromatic heterocycles. The smallest absolute Gasteiger partial charge is 0.123 e. The maximum Gasteiger partial charge on any atom is 0.123 e. The summed E-state index contributed by atoms with van der Waals surface area (Å²) in [6.07, 6.45) is 1.33. The van der Waals surface area contributed by atoms with Crippen LogP contribution in [0.25, 0.3) is 0 Å². The van der Waals surface area contributed by atoms with Crippen LogP contribution in [-0.4, -0.2) is 17.8 Å². The number of hydrogen-bond donors (Lipinski definition) is 2. The van der Waals surface area contributed by atoms with E-state index in [1.165, 1.54) is 6.07 Å². The fourth-order valence-electron chi connectivity index (χ4n) is 1.69. The van der Waals surface area contributed by atoms with Crippen molar-refractivity contribution in [1.82, 2.24) is 5.32 Å². The van der Waals surface area contributed by atoms with Crippen LogP contribution in [0.15, 0.2) is 24.3 Å². The number of aliphatic hydroxyl groups is 1. The zero-order valence-corrected chi connectivity index (χ0v) is 9.91. The molecular formula is C13H20FNO. The molecule has 0 saturated carbocycles. The van der Waals surface area contributed by atoms with Gasteiger partial charge in [0.15, 0.2) is 0 Å². The fourth-order valence-corrected chi connectivity index (χ4v) is 1.69. The molecule has 1 aromatic rings. The molecule has 0 fully saturated rings. The first kappa shape index (κ1) is 13.1. The van der Waals surface area contributed by atoms with Crippen LogP contribution >= 0.6 is 0 Å². The van der Waals surface area contributed by atoms with Crippen molar-refractivity contribution in [2.75, 3.05) is 6.54 Å². The first-order chi connectivity index (χ1) is 7.63. The first-order valence-electron chi connectivity index (χ1n) is 5.80. The van der Waals surface area contributed by atoms with Gasteiger partial charge in [0.05, 0.1) is 6.10 Å². The molecule has 0 spiro atoms. The minimum Gasteiger partial charge on any atom is -0.393 e. The van der Waals surface area contributed by atoms with E-state index in [4.69, 9.17) is 5.11 Å². The Labute approximate surface area is 96.5 Å². The zero-order chi connectivity index (χ0) is 12.0. The number of nitrogens with one attached hydrogen (secondary N) is 1. The third-order valence-corrected chi connectivity index (χ3v) is 2.61. The van der Waals surface area contributed by atoms with Gasteiger partial charge < -0.3 is 10.4 Å². The fraction of sp³-hybridized carbons (Fsp3) is 0.538. The molecule has 0 aliphatic carbocycles. The summed E-state index contributed by atoms with van der Waals surface area (Å²) in [6, 6.07) is 6.82. The summed E-state index contributed by atoms with van der Waals surface area (Å²) in [5, 5.41) is 12.5. The van der Waals surface area contributed by atoms with Crippen LogP contribution in [0.3, 0.4) is 0 Å². The minimum atomic E-state index is -0.294. The maximum atomic E-state index is 13.0. The lowest BCUT2D eigenvalue weighted by atomic mass is 10.0. The van der Waals surface area contributed by atoms with Crippen LogP contribution in [0.1, 0.15) is 38.3 Å². The Bertz CT molecular complexity index is 315. The van der Waals surface area contributed by atoms with Crippen LogP contribution in [0.4, 0.5) is 4.39 Å². The van der Waals surface area contributed by atoms with Crippen LogP contribution in [0.5, 0.6) is 0 Å². The molecule has 0 saturated heterocycles. The van der Waals surface area contributed by atoms with Crippen molar-refractivity contribution in [2.24, 2.45) is 0 Å². The molecule has 2 unspecified atom stereocenters. The van der Waals surface area contributed by atoms with Gasteiger partial charge in [-0.2, -0.15) is 0 Å². The highest BCUT2D eigenvalue weighted by Gasteiger charge is 2.09. The van der Waals surface area contributed by atoms with Crippen molar-refractivity contribution in [3.05, 3.63) is 35.6 Å². The summed E-state index contributed by atoms with van der Waals surface area (Å²) >= 11 is 0.